The lowest BCUT2D eigenvalue weighted by molar-refractivity contribution is -0.0789. The zero-order valence-corrected chi connectivity index (χ0v) is 19.3. The van der Waals surface area contributed by atoms with Crippen molar-refractivity contribution >= 4 is 28.2 Å². The fraction of sp³-hybridized carbons (Fsp3) is 0.385. The van der Waals surface area contributed by atoms with E-state index in [4.69, 9.17) is 28.0 Å². The van der Waals surface area contributed by atoms with Gasteiger partial charge in [-0.1, -0.05) is 42.6 Å². The van der Waals surface area contributed by atoms with Crippen LogP contribution in [-0.2, 0) is 11.3 Å². The Bertz CT molecular complexity index is 1330. The highest BCUT2D eigenvalue weighted by molar-refractivity contribution is 6.30. The zero-order chi connectivity index (χ0) is 23.0. The fourth-order valence-electron chi connectivity index (χ4n) is 4.75. The highest BCUT2D eigenvalue weighted by Gasteiger charge is 2.54. The Labute approximate surface area is 197 Å². The Kier molecular flexibility index (Phi) is 5.67. The molecule has 6 nitrogen and oxygen atoms in total. The molecule has 1 aromatic heterocycles. The van der Waals surface area contributed by atoms with Gasteiger partial charge < -0.3 is 9.68 Å². The van der Waals surface area contributed by atoms with Crippen molar-refractivity contribution < 1.29 is 4.84 Å². The van der Waals surface area contributed by atoms with Crippen LogP contribution in [0.4, 0.5) is 0 Å². The number of hydrogen-bond acceptors (Lipinski definition) is 4. The van der Waals surface area contributed by atoms with E-state index >= 15 is 0 Å². The van der Waals surface area contributed by atoms with Gasteiger partial charge in [0.2, 0.25) is 6.04 Å². The zero-order valence-electron chi connectivity index (χ0n) is 18.6. The van der Waals surface area contributed by atoms with Crippen LogP contribution in [0.5, 0.6) is 0 Å². The highest BCUT2D eigenvalue weighted by atomic mass is 35.5. The highest BCUT2D eigenvalue weighted by Crippen LogP contribution is 2.45. The Morgan fingerprint density at radius 1 is 1.21 bits per heavy atom. The van der Waals surface area contributed by atoms with Gasteiger partial charge in [-0.25, -0.2) is 11.6 Å². The van der Waals surface area contributed by atoms with Crippen molar-refractivity contribution in [2.24, 2.45) is 5.16 Å². The molecule has 2 aliphatic rings. The van der Waals surface area contributed by atoms with E-state index in [1.165, 1.54) is 0 Å². The predicted octanol–water partition coefficient (Wildman–Crippen LogP) is 5.72. The van der Waals surface area contributed by atoms with E-state index in [0.717, 1.165) is 61.3 Å². The number of benzene rings is 2. The molecule has 0 bridgehead atoms. The van der Waals surface area contributed by atoms with Crippen LogP contribution in [0.2, 0.25) is 5.02 Å². The minimum atomic E-state index is -0.323. The van der Waals surface area contributed by atoms with E-state index in [9.17, 15) is 4.79 Å². The van der Waals surface area contributed by atoms with Gasteiger partial charge >= 0.3 is 0 Å². The molecule has 33 heavy (non-hydrogen) atoms. The summed E-state index contributed by atoms with van der Waals surface area (Å²) < 4.78 is 1.71. The summed E-state index contributed by atoms with van der Waals surface area (Å²) in [5.41, 5.74) is 2.81. The number of halogens is 1. The molecule has 7 heteroatoms. The summed E-state index contributed by atoms with van der Waals surface area (Å²) in [6.07, 6.45) is 6.00. The van der Waals surface area contributed by atoms with E-state index in [2.05, 4.69) is 16.9 Å². The van der Waals surface area contributed by atoms with Gasteiger partial charge in [0.1, 0.15) is 5.82 Å². The summed E-state index contributed by atoms with van der Waals surface area (Å²) in [6, 6.07) is 13.0. The number of nitrogens with zero attached hydrogens (tertiary/aromatic N) is 4. The normalized spacial score (nSPS) is 21.5. The van der Waals surface area contributed by atoms with Crippen molar-refractivity contribution in [2.75, 3.05) is 0 Å². The molecule has 1 saturated carbocycles. The van der Waals surface area contributed by atoms with Crippen LogP contribution in [0.1, 0.15) is 56.8 Å². The summed E-state index contributed by atoms with van der Waals surface area (Å²) in [6.45, 7) is 9.35. The monoisotopic (exact) mass is 460 g/mol. The molecule has 0 saturated heterocycles. The van der Waals surface area contributed by atoms with Crippen LogP contribution in [0.15, 0.2) is 52.4 Å². The molecule has 0 unspecified atom stereocenters. The van der Waals surface area contributed by atoms with Crippen molar-refractivity contribution in [3.63, 3.8) is 0 Å². The first kappa shape index (κ1) is 21.7. The van der Waals surface area contributed by atoms with Crippen molar-refractivity contribution in [2.45, 2.75) is 63.5 Å². The first-order chi connectivity index (χ1) is 16.0. The number of unbranched alkanes of at least 4 members (excludes halogenated alkanes) is 2. The minimum Gasteiger partial charge on any atom is -0.388 e. The molecule has 1 fully saturated rings. The molecule has 0 atom stereocenters. The fourth-order valence-corrected chi connectivity index (χ4v) is 4.88. The first-order valence-electron chi connectivity index (χ1n) is 11.5. The summed E-state index contributed by atoms with van der Waals surface area (Å²) in [7, 11) is 0. The van der Waals surface area contributed by atoms with E-state index in [1.54, 1.807) is 16.7 Å². The Morgan fingerprint density at radius 2 is 2.00 bits per heavy atom. The van der Waals surface area contributed by atoms with E-state index in [1.807, 2.05) is 30.3 Å². The van der Waals surface area contributed by atoms with E-state index in [0.29, 0.717) is 22.3 Å². The van der Waals surface area contributed by atoms with Gasteiger partial charge in [0.05, 0.1) is 35.1 Å². The molecular formula is C26H25ClN4O2. The van der Waals surface area contributed by atoms with Gasteiger partial charge in [-0.2, -0.15) is 0 Å². The average Bonchev–Trinajstić information content (AvgIpc) is 3.25. The van der Waals surface area contributed by atoms with E-state index < -0.39 is 0 Å². The van der Waals surface area contributed by atoms with Crippen LogP contribution >= 0.6 is 11.6 Å². The van der Waals surface area contributed by atoms with Gasteiger partial charge in [-0.3, -0.25) is 9.36 Å². The Morgan fingerprint density at radius 3 is 2.73 bits per heavy atom. The summed E-state index contributed by atoms with van der Waals surface area (Å²) in [4.78, 5) is 27.8. The van der Waals surface area contributed by atoms with E-state index in [-0.39, 0.29) is 17.2 Å². The third kappa shape index (κ3) is 4.02. The van der Waals surface area contributed by atoms with Crippen molar-refractivity contribution in [3.05, 3.63) is 80.6 Å². The lowest BCUT2D eigenvalue weighted by Crippen LogP contribution is -2.45. The van der Waals surface area contributed by atoms with Crippen LogP contribution in [0, 0.1) is 6.57 Å². The second-order valence-corrected chi connectivity index (χ2v) is 9.45. The van der Waals surface area contributed by atoms with Crippen molar-refractivity contribution in [1.82, 2.24) is 9.55 Å². The van der Waals surface area contributed by atoms with Crippen molar-refractivity contribution in [3.8, 4) is 5.69 Å². The predicted molar refractivity (Wildman–Crippen MR) is 130 cm³/mol. The number of hydrogen-bond donors (Lipinski definition) is 0. The van der Waals surface area contributed by atoms with Crippen LogP contribution in [0.25, 0.3) is 21.4 Å². The molecule has 2 heterocycles. The van der Waals surface area contributed by atoms with Crippen LogP contribution < -0.4 is 5.56 Å². The molecule has 3 aromatic rings. The minimum absolute atomic E-state index is 0.0369. The Hall–Kier alpha value is -3.17. The Balaban J connectivity index is 1.53. The number of aryl methyl sites for hydroxylation is 1. The second kappa shape index (κ2) is 8.64. The topological polar surface area (TPSA) is 60.8 Å². The maximum Gasteiger partial charge on any atom is 0.265 e. The van der Waals surface area contributed by atoms with Gasteiger partial charge in [-0.05, 0) is 42.8 Å². The lowest BCUT2D eigenvalue weighted by Gasteiger charge is -2.35. The number of oxime groups is 1. The largest absolute Gasteiger partial charge is 0.388 e. The molecule has 168 valence electrons. The molecule has 5 rings (SSSR count). The maximum atomic E-state index is 13.5. The van der Waals surface area contributed by atoms with Gasteiger partial charge in [-0.15, -0.1) is 0 Å². The van der Waals surface area contributed by atoms with Crippen LogP contribution in [0.3, 0.4) is 0 Å². The lowest BCUT2D eigenvalue weighted by atomic mass is 9.73. The molecular weight excluding hydrogens is 436 g/mol. The standard InChI is InChI=1S/C26H25ClN4O2/c1-3-4-5-6-24-29-22-13-17(23-16-26(33-30-23)14-19(15-26)28-2)7-12-21(22)25(32)31(24)20-10-8-18(27)9-11-20/h7-13,19H,3-6,14-16H2,1H3. The third-order valence-corrected chi connectivity index (χ3v) is 6.85. The molecule has 0 radical (unpaired) electrons. The van der Waals surface area contributed by atoms with Gasteiger partial charge in [0.15, 0.2) is 5.60 Å². The second-order valence-electron chi connectivity index (χ2n) is 9.01. The molecule has 0 N–H and O–H groups in total. The molecule has 0 amide bonds. The van der Waals surface area contributed by atoms with Gasteiger partial charge in [0.25, 0.3) is 5.56 Å². The molecule has 1 spiro atoms. The average molecular weight is 461 g/mol. The number of rotatable bonds is 6. The number of aromatic nitrogens is 2. The third-order valence-electron chi connectivity index (χ3n) is 6.60. The quantitative estimate of drug-likeness (QED) is 0.349. The SMILES string of the molecule is [C-]#[N+]C1CC2(CC(c3ccc4c(=O)n(-c5ccc(Cl)cc5)c(CCCCC)nc4c3)=NO2)C1. The van der Waals surface area contributed by atoms with Crippen LogP contribution in [-0.4, -0.2) is 26.9 Å². The van der Waals surface area contributed by atoms with Gasteiger partial charge in [0, 0.05) is 23.4 Å². The molecule has 2 aromatic carbocycles. The summed E-state index contributed by atoms with van der Waals surface area (Å²) in [5, 5.41) is 5.52. The summed E-state index contributed by atoms with van der Waals surface area (Å²) >= 11 is 6.07. The number of fused-ring (bicyclic) bond motifs is 1. The molecule has 1 aliphatic carbocycles. The maximum absolute atomic E-state index is 13.5. The first-order valence-corrected chi connectivity index (χ1v) is 11.8. The summed E-state index contributed by atoms with van der Waals surface area (Å²) in [5.74, 6) is 0.750. The smallest absolute Gasteiger partial charge is 0.265 e. The molecule has 1 aliphatic heterocycles. The van der Waals surface area contributed by atoms with Crippen molar-refractivity contribution in [1.29, 1.82) is 0 Å².